The zero-order valence-corrected chi connectivity index (χ0v) is 15.7. The Morgan fingerprint density at radius 2 is 1.96 bits per heavy atom. The Hall–Kier alpha value is -3.10. The Kier molecular flexibility index (Phi) is 4.66. The number of aromatic nitrogens is 5. The van der Waals surface area contributed by atoms with Gasteiger partial charge in [-0.15, -0.1) is 0 Å². The van der Waals surface area contributed by atoms with Crippen LogP contribution in [0.4, 0.5) is 23.4 Å². The lowest BCUT2D eigenvalue weighted by atomic mass is 10.1. The average Bonchev–Trinajstić information content (AvgIpc) is 3.21. The number of rotatable bonds is 8. The molecule has 0 bridgehead atoms. The minimum absolute atomic E-state index is 0.330. The van der Waals surface area contributed by atoms with Gasteiger partial charge in [-0.3, -0.25) is 5.10 Å². The van der Waals surface area contributed by atoms with Crippen LogP contribution in [0.15, 0.2) is 22.7 Å². The third-order valence-electron chi connectivity index (χ3n) is 4.44. The first-order valence-corrected chi connectivity index (χ1v) is 9.19. The number of anilines is 4. The topological polar surface area (TPSA) is 117 Å². The van der Waals surface area contributed by atoms with Gasteiger partial charge in [0.1, 0.15) is 11.6 Å². The lowest BCUT2D eigenvalue weighted by Gasteiger charge is -2.09. The van der Waals surface area contributed by atoms with Crippen molar-refractivity contribution in [2.75, 3.05) is 23.0 Å². The van der Waals surface area contributed by atoms with Crippen LogP contribution in [-0.4, -0.2) is 32.4 Å². The molecule has 0 aliphatic heterocycles. The fourth-order valence-electron chi connectivity index (χ4n) is 2.70. The molecule has 0 atom stereocenters. The standard InChI is InChI=1S/C18H24N8O/c1-10(2)13-6-12(27-26-13)9-20-18-22-15(19-3)8-16(23-18)21-17-7-14(24-25-17)11-4-5-11/h6-8,10-11H,4-5,9H2,1-3H3,(H4,19,20,21,22,23,24,25). The van der Waals surface area contributed by atoms with Crippen LogP contribution in [0, 0.1) is 0 Å². The van der Waals surface area contributed by atoms with Crippen LogP contribution in [0.3, 0.4) is 0 Å². The van der Waals surface area contributed by atoms with Gasteiger partial charge in [-0.1, -0.05) is 19.0 Å². The van der Waals surface area contributed by atoms with Crippen molar-refractivity contribution in [3.63, 3.8) is 0 Å². The van der Waals surface area contributed by atoms with Crippen LogP contribution in [0.1, 0.15) is 55.7 Å². The van der Waals surface area contributed by atoms with Crippen LogP contribution in [-0.2, 0) is 6.54 Å². The summed E-state index contributed by atoms with van der Waals surface area (Å²) in [5, 5.41) is 20.9. The van der Waals surface area contributed by atoms with Crippen molar-refractivity contribution in [3.05, 3.63) is 35.3 Å². The van der Waals surface area contributed by atoms with E-state index in [0.717, 1.165) is 17.3 Å². The molecule has 0 saturated heterocycles. The highest BCUT2D eigenvalue weighted by atomic mass is 16.5. The normalized spacial score (nSPS) is 13.8. The number of hydrogen-bond acceptors (Lipinski definition) is 8. The van der Waals surface area contributed by atoms with Crippen molar-refractivity contribution in [2.24, 2.45) is 0 Å². The van der Waals surface area contributed by atoms with Gasteiger partial charge in [0.15, 0.2) is 11.6 Å². The summed E-state index contributed by atoms with van der Waals surface area (Å²) in [6, 6.07) is 5.82. The molecule has 0 spiro atoms. The van der Waals surface area contributed by atoms with E-state index in [-0.39, 0.29) is 0 Å². The average molecular weight is 368 g/mol. The maximum Gasteiger partial charge on any atom is 0.227 e. The summed E-state index contributed by atoms with van der Waals surface area (Å²) >= 11 is 0. The van der Waals surface area contributed by atoms with E-state index < -0.39 is 0 Å². The monoisotopic (exact) mass is 368 g/mol. The van der Waals surface area contributed by atoms with Crippen molar-refractivity contribution in [3.8, 4) is 0 Å². The Bertz CT molecular complexity index is 912. The Morgan fingerprint density at radius 1 is 1.15 bits per heavy atom. The van der Waals surface area contributed by atoms with Gasteiger partial charge in [0.25, 0.3) is 0 Å². The second kappa shape index (κ2) is 7.26. The van der Waals surface area contributed by atoms with Gasteiger partial charge < -0.3 is 20.5 Å². The molecule has 3 aromatic rings. The molecule has 1 aliphatic carbocycles. The van der Waals surface area contributed by atoms with Gasteiger partial charge >= 0.3 is 0 Å². The summed E-state index contributed by atoms with van der Waals surface area (Å²) in [6.07, 6.45) is 2.46. The molecule has 0 unspecified atom stereocenters. The van der Waals surface area contributed by atoms with Gasteiger partial charge in [0.05, 0.1) is 12.2 Å². The quantitative estimate of drug-likeness (QED) is 0.477. The third-order valence-corrected chi connectivity index (χ3v) is 4.44. The summed E-state index contributed by atoms with van der Waals surface area (Å²) in [5.41, 5.74) is 2.11. The zero-order valence-electron chi connectivity index (χ0n) is 15.7. The number of H-pyrrole nitrogens is 1. The van der Waals surface area contributed by atoms with E-state index in [4.69, 9.17) is 4.52 Å². The molecule has 3 aromatic heterocycles. The van der Waals surface area contributed by atoms with Crippen molar-refractivity contribution < 1.29 is 4.52 Å². The summed E-state index contributed by atoms with van der Waals surface area (Å²) in [5.74, 6) is 4.30. The van der Waals surface area contributed by atoms with Crippen LogP contribution in [0.2, 0.25) is 0 Å². The smallest absolute Gasteiger partial charge is 0.227 e. The molecule has 0 radical (unpaired) electrons. The molecule has 4 rings (SSSR count). The van der Waals surface area contributed by atoms with Gasteiger partial charge in [0.2, 0.25) is 5.95 Å². The maximum atomic E-state index is 5.35. The summed E-state index contributed by atoms with van der Waals surface area (Å²) in [6.45, 7) is 4.62. The summed E-state index contributed by atoms with van der Waals surface area (Å²) in [4.78, 5) is 8.94. The number of hydrogen-bond donors (Lipinski definition) is 4. The first-order chi connectivity index (χ1) is 13.1. The van der Waals surface area contributed by atoms with Crippen LogP contribution in [0.25, 0.3) is 0 Å². The molecule has 27 heavy (non-hydrogen) atoms. The maximum absolute atomic E-state index is 5.35. The Labute approximate surface area is 157 Å². The third kappa shape index (κ3) is 4.18. The Morgan fingerprint density at radius 3 is 2.67 bits per heavy atom. The Balaban J connectivity index is 1.45. The van der Waals surface area contributed by atoms with Gasteiger partial charge in [-0.05, 0) is 18.8 Å². The SMILES string of the molecule is CNc1cc(Nc2cc(C3CC3)[nH]n2)nc(NCc2cc(C(C)C)no2)n1. The van der Waals surface area contributed by atoms with E-state index in [0.29, 0.717) is 36.0 Å². The molecule has 3 heterocycles. The molecule has 9 nitrogen and oxygen atoms in total. The van der Waals surface area contributed by atoms with Crippen LogP contribution < -0.4 is 16.0 Å². The van der Waals surface area contributed by atoms with E-state index in [1.165, 1.54) is 18.5 Å². The van der Waals surface area contributed by atoms with Gasteiger partial charge in [-0.2, -0.15) is 15.1 Å². The van der Waals surface area contributed by atoms with Crippen LogP contribution >= 0.6 is 0 Å². The number of aromatic amines is 1. The van der Waals surface area contributed by atoms with Crippen molar-refractivity contribution in [2.45, 2.75) is 45.1 Å². The molecule has 4 N–H and O–H groups in total. The van der Waals surface area contributed by atoms with E-state index in [1.807, 2.05) is 25.2 Å². The molecule has 1 aliphatic rings. The van der Waals surface area contributed by atoms with Gasteiger partial charge in [-0.25, -0.2) is 0 Å². The van der Waals surface area contributed by atoms with Gasteiger partial charge in [0, 0.05) is 36.9 Å². The van der Waals surface area contributed by atoms with Crippen molar-refractivity contribution in [1.29, 1.82) is 0 Å². The van der Waals surface area contributed by atoms with Crippen molar-refractivity contribution in [1.82, 2.24) is 25.3 Å². The highest BCUT2D eigenvalue weighted by Crippen LogP contribution is 2.39. The fourth-order valence-corrected chi connectivity index (χ4v) is 2.70. The molecule has 1 saturated carbocycles. The number of nitrogens with zero attached hydrogens (tertiary/aromatic N) is 4. The predicted octanol–water partition coefficient (Wildman–Crippen LogP) is 3.59. The molecule has 1 fully saturated rings. The minimum Gasteiger partial charge on any atom is -0.373 e. The number of nitrogens with one attached hydrogen (secondary N) is 4. The molecule has 9 heteroatoms. The molecule has 0 amide bonds. The first kappa shape index (κ1) is 17.3. The molecule has 0 aromatic carbocycles. The largest absolute Gasteiger partial charge is 0.373 e. The van der Waals surface area contributed by atoms with E-state index >= 15 is 0 Å². The lowest BCUT2D eigenvalue weighted by molar-refractivity contribution is 0.379. The summed E-state index contributed by atoms with van der Waals surface area (Å²) in [7, 11) is 1.82. The predicted molar refractivity (Wildman–Crippen MR) is 103 cm³/mol. The van der Waals surface area contributed by atoms with E-state index in [9.17, 15) is 0 Å². The molecular formula is C18H24N8O. The molecule has 142 valence electrons. The highest BCUT2D eigenvalue weighted by Gasteiger charge is 2.25. The van der Waals surface area contributed by atoms with Crippen LogP contribution in [0.5, 0.6) is 0 Å². The fraction of sp³-hybridized carbons (Fsp3) is 0.444. The van der Waals surface area contributed by atoms with E-state index in [2.05, 4.69) is 55.1 Å². The minimum atomic E-state index is 0.330. The summed E-state index contributed by atoms with van der Waals surface area (Å²) < 4.78 is 5.35. The van der Waals surface area contributed by atoms with E-state index in [1.54, 1.807) is 0 Å². The lowest BCUT2D eigenvalue weighted by Crippen LogP contribution is -2.07. The van der Waals surface area contributed by atoms with Crippen molar-refractivity contribution >= 4 is 23.4 Å². The second-order valence-corrected chi connectivity index (χ2v) is 7.05. The molecular weight excluding hydrogens is 344 g/mol. The second-order valence-electron chi connectivity index (χ2n) is 7.05. The first-order valence-electron chi connectivity index (χ1n) is 9.19. The zero-order chi connectivity index (χ0) is 18.8. The highest BCUT2D eigenvalue weighted by molar-refractivity contribution is 5.59.